The fraction of sp³-hybridized carbons (Fsp3) is 0.333. The molecule has 1 amide bonds. The molecule has 174 valence electrons. The predicted octanol–water partition coefficient (Wildman–Crippen LogP) is 4.98. The van der Waals surface area contributed by atoms with Crippen molar-refractivity contribution in [3.8, 4) is 0 Å². The van der Waals surface area contributed by atoms with Crippen LogP contribution in [-0.4, -0.2) is 36.2 Å². The van der Waals surface area contributed by atoms with Crippen molar-refractivity contribution < 1.29 is 41.0 Å². The number of carboxylic acid groups (broad SMARTS) is 1. The molecule has 1 heterocycles. The Morgan fingerprint density at radius 2 is 1.72 bits per heavy atom. The number of carboxylic acids is 1. The van der Waals surface area contributed by atoms with E-state index in [1.165, 1.54) is 12.1 Å². The maximum atomic E-state index is 12.8. The maximum absolute atomic E-state index is 12.8. The number of anilines is 1. The number of halogens is 6. The molecule has 3 N–H and O–H groups in total. The zero-order chi connectivity index (χ0) is 24.1. The zero-order valence-corrected chi connectivity index (χ0v) is 16.8. The number of aryl methyl sites for hydroxylation is 1. The highest BCUT2D eigenvalue weighted by Gasteiger charge is 2.38. The highest BCUT2D eigenvalue weighted by atomic mass is 19.4. The summed E-state index contributed by atoms with van der Waals surface area (Å²) in [5.74, 6) is -2.81. The van der Waals surface area contributed by atoms with Crippen LogP contribution in [0.15, 0.2) is 42.5 Å². The van der Waals surface area contributed by atoms with Crippen molar-refractivity contribution in [3.63, 3.8) is 0 Å². The fourth-order valence-corrected chi connectivity index (χ4v) is 3.12. The predicted molar refractivity (Wildman–Crippen MR) is 104 cm³/mol. The summed E-state index contributed by atoms with van der Waals surface area (Å²) < 4.78 is 70.1. The summed E-state index contributed by atoms with van der Waals surface area (Å²) in [6, 6.07) is 10.1. The molecule has 1 aliphatic rings. The lowest BCUT2D eigenvalue weighted by Gasteiger charge is -2.15. The number of carbonyl (C=O) groups is 2. The minimum absolute atomic E-state index is 0.129. The van der Waals surface area contributed by atoms with Crippen molar-refractivity contribution in [1.82, 2.24) is 5.32 Å². The van der Waals surface area contributed by atoms with E-state index in [9.17, 15) is 31.1 Å². The van der Waals surface area contributed by atoms with Gasteiger partial charge in [-0.1, -0.05) is 12.1 Å². The maximum Gasteiger partial charge on any atom is 0.490 e. The molecule has 3 rings (SSSR count). The topological polar surface area (TPSA) is 78.4 Å². The van der Waals surface area contributed by atoms with Crippen molar-refractivity contribution in [2.45, 2.75) is 31.6 Å². The first kappa shape index (κ1) is 25.2. The van der Waals surface area contributed by atoms with Crippen LogP contribution in [0.1, 0.15) is 39.4 Å². The standard InChI is InChI=1S/C19H19F3N2O.C2HF3O2/c1-12-5-6-13(9-17(12)14-7-8-23-11-14)18(25)24-16-4-2-3-15(10-16)19(20,21)22;3-2(4,5)1(6)7/h2-6,9-10,14,23H,7-8,11H2,1H3,(H,24,25);(H,6,7). The summed E-state index contributed by atoms with van der Waals surface area (Å²) >= 11 is 0. The lowest BCUT2D eigenvalue weighted by atomic mass is 9.92. The Bertz CT molecular complexity index is 967. The van der Waals surface area contributed by atoms with Gasteiger partial charge in [-0.15, -0.1) is 0 Å². The molecular weight excluding hydrogens is 442 g/mol. The largest absolute Gasteiger partial charge is 0.490 e. The molecule has 0 bridgehead atoms. The van der Waals surface area contributed by atoms with Gasteiger partial charge in [-0.25, -0.2) is 4.79 Å². The molecule has 1 aliphatic heterocycles. The first-order chi connectivity index (χ1) is 14.8. The summed E-state index contributed by atoms with van der Waals surface area (Å²) in [6.07, 6.45) is -8.51. The van der Waals surface area contributed by atoms with Crippen LogP contribution in [0.5, 0.6) is 0 Å². The van der Waals surface area contributed by atoms with Crippen LogP contribution in [0.3, 0.4) is 0 Å². The summed E-state index contributed by atoms with van der Waals surface area (Å²) in [6.45, 7) is 3.83. The van der Waals surface area contributed by atoms with Gasteiger partial charge in [-0.2, -0.15) is 26.3 Å². The van der Waals surface area contributed by atoms with E-state index in [2.05, 4.69) is 10.6 Å². The molecule has 0 spiro atoms. The molecular formula is C21H20F6N2O3. The minimum atomic E-state index is -5.08. The Balaban J connectivity index is 0.000000451. The molecule has 1 unspecified atom stereocenters. The number of benzene rings is 2. The second-order valence-electron chi connectivity index (χ2n) is 7.10. The molecule has 1 fully saturated rings. The second kappa shape index (κ2) is 10.0. The van der Waals surface area contributed by atoms with Crippen LogP contribution < -0.4 is 10.6 Å². The van der Waals surface area contributed by atoms with E-state index in [1.807, 2.05) is 19.1 Å². The van der Waals surface area contributed by atoms with Crippen molar-refractivity contribution >= 4 is 17.6 Å². The molecule has 0 radical (unpaired) electrons. The van der Waals surface area contributed by atoms with Gasteiger partial charge in [0.2, 0.25) is 0 Å². The molecule has 1 saturated heterocycles. The second-order valence-corrected chi connectivity index (χ2v) is 7.10. The van der Waals surface area contributed by atoms with Gasteiger partial charge in [0.15, 0.2) is 0 Å². The van der Waals surface area contributed by atoms with Crippen LogP contribution >= 0.6 is 0 Å². The summed E-state index contributed by atoms with van der Waals surface area (Å²) in [5, 5.41) is 13.0. The minimum Gasteiger partial charge on any atom is -0.475 e. The van der Waals surface area contributed by atoms with E-state index in [4.69, 9.17) is 9.90 Å². The molecule has 0 aliphatic carbocycles. The third-order valence-electron chi connectivity index (χ3n) is 4.73. The summed E-state index contributed by atoms with van der Waals surface area (Å²) in [5.41, 5.74) is 2.02. The number of nitrogens with one attached hydrogen (secondary N) is 2. The first-order valence-corrected chi connectivity index (χ1v) is 9.39. The third kappa shape index (κ3) is 6.98. The SMILES string of the molecule is Cc1ccc(C(=O)Nc2cccc(C(F)(F)F)c2)cc1C1CCNC1.O=C(O)C(F)(F)F. The highest BCUT2D eigenvalue weighted by molar-refractivity contribution is 6.04. The highest BCUT2D eigenvalue weighted by Crippen LogP contribution is 2.31. The number of aliphatic carboxylic acids is 1. The van der Waals surface area contributed by atoms with Gasteiger partial charge in [0.05, 0.1) is 5.56 Å². The monoisotopic (exact) mass is 462 g/mol. The quantitative estimate of drug-likeness (QED) is 0.563. The summed E-state index contributed by atoms with van der Waals surface area (Å²) in [4.78, 5) is 21.3. The van der Waals surface area contributed by atoms with Crippen molar-refractivity contribution in [2.24, 2.45) is 0 Å². The number of hydrogen-bond acceptors (Lipinski definition) is 3. The van der Waals surface area contributed by atoms with Crippen LogP contribution in [0.4, 0.5) is 32.0 Å². The van der Waals surface area contributed by atoms with E-state index in [-0.39, 0.29) is 5.69 Å². The Morgan fingerprint density at radius 3 is 2.25 bits per heavy atom. The first-order valence-electron chi connectivity index (χ1n) is 9.39. The fourth-order valence-electron chi connectivity index (χ4n) is 3.12. The van der Waals surface area contributed by atoms with Crippen LogP contribution in [0.25, 0.3) is 0 Å². The van der Waals surface area contributed by atoms with Gasteiger partial charge < -0.3 is 15.7 Å². The van der Waals surface area contributed by atoms with Crippen molar-refractivity contribution in [2.75, 3.05) is 18.4 Å². The van der Waals surface area contributed by atoms with E-state index in [0.29, 0.717) is 11.5 Å². The third-order valence-corrected chi connectivity index (χ3v) is 4.73. The Kier molecular flexibility index (Phi) is 7.89. The van der Waals surface area contributed by atoms with Gasteiger partial charge in [-0.3, -0.25) is 4.79 Å². The lowest BCUT2D eigenvalue weighted by molar-refractivity contribution is -0.192. The number of hydrogen-bond donors (Lipinski definition) is 3. The van der Waals surface area contributed by atoms with Gasteiger partial charge in [0, 0.05) is 17.8 Å². The van der Waals surface area contributed by atoms with E-state index >= 15 is 0 Å². The number of rotatable bonds is 3. The lowest BCUT2D eigenvalue weighted by Crippen LogP contribution is -2.21. The van der Waals surface area contributed by atoms with Crippen LogP contribution in [0.2, 0.25) is 0 Å². The Labute approximate surface area is 179 Å². The molecule has 32 heavy (non-hydrogen) atoms. The van der Waals surface area contributed by atoms with Crippen molar-refractivity contribution in [1.29, 1.82) is 0 Å². The van der Waals surface area contributed by atoms with E-state index < -0.39 is 29.8 Å². The van der Waals surface area contributed by atoms with E-state index in [1.54, 1.807) is 6.07 Å². The molecule has 0 aromatic heterocycles. The molecule has 0 saturated carbocycles. The molecule has 1 atom stereocenters. The van der Waals surface area contributed by atoms with Crippen LogP contribution in [0, 0.1) is 6.92 Å². The molecule has 5 nitrogen and oxygen atoms in total. The smallest absolute Gasteiger partial charge is 0.475 e. The van der Waals surface area contributed by atoms with Gasteiger partial charge in [-0.05, 0) is 67.3 Å². The number of alkyl halides is 6. The van der Waals surface area contributed by atoms with Crippen LogP contribution in [-0.2, 0) is 11.0 Å². The van der Waals surface area contributed by atoms with Crippen molar-refractivity contribution in [3.05, 3.63) is 64.7 Å². The molecule has 2 aromatic carbocycles. The normalized spacial score (nSPS) is 16.2. The van der Waals surface area contributed by atoms with E-state index in [0.717, 1.165) is 42.8 Å². The van der Waals surface area contributed by atoms with Gasteiger partial charge >= 0.3 is 18.3 Å². The molecule has 11 heteroatoms. The average Bonchev–Trinajstić information content (AvgIpc) is 3.22. The summed E-state index contributed by atoms with van der Waals surface area (Å²) in [7, 11) is 0. The Morgan fingerprint density at radius 1 is 1.06 bits per heavy atom. The average molecular weight is 462 g/mol. The number of carbonyl (C=O) groups excluding carboxylic acids is 1. The van der Waals surface area contributed by atoms with Gasteiger partial charge in [0.25, 0.3) is 5.91 Å². The van der Waals surface area contributed by atoms with Gasteiger partial charge in [0.1, 0.15) is 0 Å². The Hall–Kier alpha value is -3.08. The molecule has 2 aromatic rings. The zero-order valence-electron chi connectivity index (χ0n) is 16.8. The number of amides is 1.